The van der Waals surface area contributed by atoms with Crippen LogP contribution in [0.15, 0.2) is 22.7 Å². The Hall–Kier alpha value is -1.81. The summed E-state index contributed by atoms with van der Waals surface area (Å²) in [6.45, 7) is -1.31. The largest absolute Gasteiger partial charge is 0.573 e. The fourth-order valence-electron chi connectivity index (χ4n) is 1.23. The zero-order valence-electron chi connectivity index (χ0n) is 10.2. The van der Waals surface area contributed by atoms with Crippen LogP contribution in [0.2, 0.25) is 0 Å². The highest BCUT2D eigenvalue weighted by atomic mass is 79.9. The van der Waals surface area contributed by atoms with Crippen LogP contribution in [0.3, 0.4) is 0 Å². The van der Waals surface area contributed by atoms with Crippen LogP contribution >= 0.6 is 15.9 Å². The van der Waals surface area contributed by atoms with Crippen LogP contribution in [-0.2, 0) is 14.3 Å². The van der Waals surface area contributed by atoms with Crippen molar-refractivity contribution in [3.8, 4) is 5.75 Å². The molecule has 1 amide bonds. The highest BCUT2D eigenvalue weighted by Crippen LogP contribution is 2.32. The van der Waals surface area contributed by atoms with E-state index in [1.54, 1.807) is 0 Å². The Morgan fingerprint density at radius 3 is 2.52 bits per heavy atom. The Morgan fingerprint density at radius 2 is 1.95 bits per heavy atom. The minimum absolute atomic E-state index is 0.223. The number of benzene rings is 1. The Labute approximate surface area is 125 Å². The topological polar surface area (TPSA) is 84.9 Å². The van der Waals surface area contributed by atoms with Crippen molar-refractivity contribution in [2.45, 2.75) is 6.36 Å². The van der Waals surface area contributed by atoms with Gasteiger partial charge in [0.15, 0.2) is 5.75 Å². The van der Waals surface area contributed by atoms with E-state index >= 15 is 0 Å². The Bertz CT molecular complexity index is 535. The van der Waals surface area contributed by atoms with Gasteiger partial charge in [-0.1, -0.05) is 15.9 Å². The van der Waals surface area contributed by atoms with Gasteiger partial charge in [0, 0.05) is 4.47 Å². The molecule has 0 spiro atoms. The van der Waals surface area contributed by atoms with Gasteiger partial charge in [0.2, 0.25) is 5.91 Å². The molecule has 0 aliphatic rings. The summed E-state index contributed by atoms with van der Waals surface area (Å²) in [6, 6.07) is 3.62. The molecule has 0 saturated heterocycles. The Kier molecular flexibility index (Phi) is 5.97. The van der Waals surface area contributed by atoms with Gasteiger partial charge in [-0.25, -0.2) is 4.79 Å². The monoisotopic (exact) mass is 371 g/mol. The number of carbonyl (C=O) groups excluding carboxylic acids is 1. The standard InChI is InChI=1S/C11H9BrF3NO5/c12-6-1-2-7(8(3-6)21-11(13,14)15)16-9(17)4-20-5-10(18)19/h1-3H,4-5H2,(H,16,17)(H,18,19). The maximum Gasteiger partial charge on any atom is 0.573 e. The first kappa shape index (κ1) is 17.2. The lowest BCUT2D eigenvalue weighted by atomic mass is 10.3. The number of carboxylic acids is 1. The summed E-state index contributed by atoms with van der Waals surface area (Å²) >= 11 is 2.98. The van der Waals surface area contributed by atoms with Gasteiger partial charge in [0.05, 0.1) is 5.69 Å². The van der Waals surface area contributed by atoms with Crippen LogP contribution in [0.1, 0.15) is 0 Å². The quantitative estimate of drug-likeness (QED) is 0.801. The molecule has 116 valence electrons. The van der Waals surface area contributed by atoms with Gasteiger partial charge in [-0.05, 0) is 18.2 Å². The van der Waals surface area contributed by atoms with Gasteiger partial charge >= 0.3 is 12.3 Å². The number of rotatable bonds is 6. The minimum Gasteiger partial charge on any atom is -0.480 e. The Balaban J connectivity index is 2.73. The number of aliphatic carboxylic acids is 1. The summed E-state index contributed by atoms with van der Waals surface area (Å²) in [5.74, 6) is -2.69. The smallest absolute Gasteiger partial charge is 0.480 e. The van der Waals surface area contributed by atoms with Crippen molar-refractivity contribution in [2.75, 3.05) is 18.5 Å². The number of hydrogen-bond donors (Lipinski definition) is 2. The maximum atomic E-state index is 12.2. The van der Waals surface area contributed by atoms with E-state index in [1.165, 1.54) is 12.1 Å². The van der Waals surface area contributed by atoms with Crippen LogP contribution in [0.25, 0.3) is 0 Å². The third kappa shape index (κ3) is 6.95. The number of carboxylic acid groups (broad SMARTS) is 1. The first-order chi connectivity index (χ1) is 9.67. The molecule has 10 heteroatoms. The molecule has 0 heterocycles. The molecule has 0 aromatic heterocycles. The molecule has 1 aromatic carbocycles. The van der Waals surface area contributed by atoms with Crippen LogP contribution < -0.4 is 10.1 Å². The fraction of sp³-hybridized carbons (Fsp3) is 0.273. The van der Waals surface area contributed by atoms with Crippen LogP contribution in [0, 0.1) is 0 Å². The van der Waals surface area contributed by atoms with Crippen LogP contribution in [0.4, 0.5) is 18.9 Å². The van der Waals surface area contributed by atoms with E-state index in [0.29, 0.717) is 4.47 Å². The van der Waals surface area contributed by atoms with Crippen molar-refractivity contribution in [3.63, 3.8) is 0 Å². The molecule has 0 aliphatic heterocycles. The van der Waals surface area contributed by atoms with Gasteiger partial charge < -0.3 is 19.9 Å². The zero-order valence-corrected chi connectivity index (χ0v) is 11.8. The summed E-state index contributed by atoms with van der Waals surface area (Å²) in [5, 5.41) is 10.4. The fourth-order valence-corrected chi connectivity index (χ4v) is 1.57. The lowest BCUT2D eigenvalue weighted by Crippen LogP contribution is -2.22. The number of amides is 1. The second kappa shape index (κ2) is 7.27. The summed E-state index contributed by atoms with van der Waals surface area (Å²) < 4.78 is 45.3. The van der Waals surface area contributed by atoms with Crippen molar-refractivity contribution in [1.29, 1.82) is 0 Å². The first-order valence-corrected chi connectivity index (χ1v) is 6.11. The molecule has 0 bridgehead atoms. The van der Waals surface area contributed by atoms with Gasteiger partial charge in [0.25, 0.3) is 0 Å². The first-order valence-electron chi connectivity index (χ1n) is 5.32. The van der Waals surface area contributed by atoms with E-state index in [2.05, 4.69) is 30.7 Å². The highest BCUT2D eigenvalue weighted by molar-refractivity contribution is 9.10. The van der Waals surface area contributed by atoms with Gasteiger partial charge in [0.1, 0.15) is 13.2 Å². The molecule has 0 unspecified atom stereocenters. The molecule has 0 aliphatic carbocycles. The predicted molar refractivity (Wildman–Crippen MR) is 67.9 cm³/mol. The van der Waals surface area contributed by atoms with E-state index in [1.807, 2.05) is 0 Å². The Morgan fingerprint density at radius 1 is 1.29 bits per heavy atom. The van der Waals surface area contributed by atoms with Gasteiger partial charge in [-0.2, -0.15) is 0 Å². The number of carbonyl (C=O) groups is 2. The lowest BCUT2D eigenvalue weighted by Gasteiger charge is -2.14. The molecular formula is C11H9BrF3NO5. The second-order valence-corrected chi connectivity index (χ2v) is 4.54. The molecule has 2 N–H and O–H groups in total. The van der Waals surface area contributed by atoms with Crippen LogP contribution in [0.5, 0.6) is 5.75 Å². The lowest BCUT2D eigenvalue weighted by molar-refractivity contribution is -0.274. The average Bonchev–Trinajstić information content (AvgIpc) is 2.30. The second-order valence-electron chi connectivity index (χ2n) is 3.62. The van der Waals surface area contributed by atoms with Crippen molar-refractivity contribution < 1.29 is 37.3 Å². The van der Waals surface area contributed by atoms with Crippen molar-refractivity contribution in [3.05, 3.63) is 22.7 Å². The summed E-state index contributed by atoms with van der Waals surface area (Å²) in [5.41, 5.74) is -0.223. The summed E-state index contributed by atoms with van der Waals surface area (Å²) in [6.07, 6.45) is -4.92. The van der Waals surface area contributed by atoms with E-state index in [-0.39, 0.29) is 5.69 Å². The predicted octanol–water partition coefficient (Wildman–Crippen LogP) is 2.39. The SMILES string of the molecule is O=C(O)COCC(=O)Nc1ccc(Br)cc1OC(F)(F)F. The molecule has 6 nitrogen and oxygen atoms in total. The third-order valence-electron chi connectivity index (χ3n) is 1.90. The molecule has 21 heavy (non-hydrogen) atoms. The maximum absolute atomic E-state index is 12.2. The molecule has 1 aromatic rings. The van der Waals surface area contributed by atoms with Crippen molar-refractivity contribution in [2.24, 2.45) is 0 Å². The number of nitrogens with one attached hydrogen (secondary N) is 1. The van der Waals surface area contributed by atoms with E-state index in [4.69, 9.17) is 5.11 Å². The summed E-state index contributed by atoms with van der Waals surface area (Å²) in [4.78, 5) is 21.6. The molecule has 0 saturated carbocycles. The van der Waals surface area contributed by atoms with Gasteiger partial charge in [-0.3, -0.25) is 4.79 Å². The summed E-state index contributed by atoms with van der Waals surface area (Å²) in [7, 11) is 0. The molecular weight excluding hydrogens is 363 g/mol. The average molecular weight is 372 g/mol. The number of ether oxygens (including phenoxy) is 2. The van der Waals surface area contributed by atoms with Crippen LogP contribution in [-0.4, -0.2) is 36.6 Å². The van der Waals surface area contributed by atoms with Crippen molar-refractivity contribution >= 4 is 33.5 Å². The third-order valence-corrected chi connectivity index (χ3v) is 2.40. The number of anilines is 1. The van der Waals surface area contributed by atoms with E-state index in [0.717, 1.165) is 6.07 Å². The highest BCUT2D eigenvalue weighted by Gasteiger charge is 2.32. The normalized spacial score (nSPS) is 11.0. The molecule has 0 atom stereocenters. The number of halogens is 4. The van der Waals surface area contributed by atoms with Gasteiger partial charge in [-0.15, -0.1) is 13.2 Å². The van der Waals surface area contributed by atoms with E-state index < -0.39 is 37.2 Å². The zero-order chi connectivity index (χ0) is 16.0. The number of hydrogen-bond acceptors (Lipinski definition) is 4. The van der Waals surface area contributed by atoms with Crippen molar-refractivity contribution in [1.82, 2.24) is 0 Å². The molecule has 0 radical (unpaired) electrons. The molecule has 0 fully saturated rings. The van der Waals surface area contributed by atoms with E-state index in [9.17, 15) is 22.8 Å². The minimum atomic E-state index is -4.92. The molecule has 1 rings (SSSR count). The number of alkyl halides is 3.